The molecule has 2 heterocycles. The molecule has 60 valence electrons. The van der Waals surface area contributed by atoms with Crippen LogP contribution in [0.4, 0.5) is 0 Å². The van der Waals surface area contributed by atoms with Gasteiger partial charge in [-0.15, -0.1) is 0 Å². The Morgan fingerprint density at radius 3 is 3.08 bits per heavy atom. The fraction of sp³-hybridized carbons (Fsp3) is 0. The SMILES string of the molecule is N=C(N)c1ccnc2[nH]cnc12. The Labute approximate surface area is 68.2 Å². The molecule has 0 aliphatic carbocycles. The molecule has 12 heavy (non-hydrogen) atoms. The minimum Gasteiger partial charge on any atom is -0.384 e. The van der Waals surface area contributed by atoms with Gasteiger partial charge in [-0.1, -0.05) is 0 Å². The van der Waals surface area contributed by atoms with Crippen molar-refractivity contribution in [1.29, 1.82) is 5.41 Å². The van der Waals surface area contributed by atoms with Crippen LogP contribution in [-0.4, -0.2) is 20.8 Å². The zero-order chi connectivity index (χ0) is 8.55. The fourth-order valence-electron chi connectivity index (χ4n) is 1.07. The lowest BCUT2D eigenvalue weighted by Gasteiger charge is -1.96. The van der Waals surface area contributed by atoms with Gasteiger partial charge in [0.05, 0.1) is 6.33 Å². The number of H-pyrrole nitrogens is 1. The largest absolute Gasteiger partial charge is 0.384 e. The van der Waals surface area contributed by atoms with Crippen LogP contribution in [0.3, 0.4) is 0 Å². The molecule has 0 saturated carbocycles. The molecule has 0 radical (unpaired) electrons. The monoisotopic (exact) mass is 161 g/mol. The van der Waals surface area contributed by atoms with E-state index in [1.807, 2.05) is 0 Å². The second kappa shape index (κ2) is 2.30. The van der Waals surface area contributed by atoms with Crippen molar-refractivity contribution in [3.63, 3.8) is 0 Å². The second-order valence-electron chi connectivity index (χ2n) is 2.37. The molecule has 0 amide bonds. The maximum atomic E-state index is 7.25. The number of imidazole rings is 1. The highest BCUT2D eigenvalue weighted by molar-refractivity contribution is 6.04. The first-order valence-corrected chi connectivity index (χ1v) is 3.41. The van der Waals surface area contributed by atoms with E-state index in [9.17, 15) is 0 Å². The van der Waals surface area contributed by atoms with Crippen molar-refractivity contribution in [3.8, 4) is 0 Å². The highest BCUT2D eigenvalue weighted by atomic mass is 14.9. The Morgan fingerprint density at radius 2 is 2.33 bits per heavy atom. The number of aromatic nitrogens is 3. The number of hydrogen-bond donors (Lipinski definition) is 3. The highest BCUT2D eigenvalue weighted by Crippen LogP contribution is 2.10. The highest BCUT2D eigenvalue weighted by Gasteiger charge is 2.05. The molecule has 5 heteroatoms. The van der Waals surface area contributed by atoms with E-state index < -0.39 is 0 Å². The molecule has 0 unspecified atom stereocenters. The van der Waals surface area contributed by atoms with E-state index >= 15 is 0 Å². The van der Waals surface area contributed by atoms with Crippen LogP contribution in [-0.2, 0) is 0 Å². The average molecular weight is 161 g/mol. The first-order valence-electron chi connectivity index (χ1n) is 3.41. The number of nitrogens with zero attached hydrogens (tertiary/aromatic N) is 2. The summed E-state index contributed by atoms with van der Waals surface area (Å²) in [5.74, 6) is 0.00880. The van der Waals surface area contributed by atoms with E-state index in [1.165, 1.54) is 6.33 Å². The summed E-state index contributed by atoms with van der Waals surface area (Å²) in [6, 6.07) is 1.67. The Bertz CT molecular complexity index is 430. The standard InChI is InChI=1S/C7H7N5/c8-6(9)4-1-2-10-7-5(4)11-3-12-7/h1-3H,(H3,8,9)(H,10,11,12). The summed E-state index contributed by atoms with van der Waals surface area (Å²) < 4.78 is 0. The molecule has 2 aromatic rings. The van der Waals surface area contributed by atoms with Crippen molar-refractivity contribution in [3.05, 3.63) is 24.2 Å². The minimum atomic E-state index is 0.00880. The summed E-state index contributed by atoms with van der Waals surface area (Å²) in [4.78, 5) is 10.9. The molecule has 0 aliphatic heterocycles. The average Bonchev–Trinajstić information content (AvgIpc) is 2.49. The number of nitrogens with two attached hydrogens (primary N) is 1. The van der Waals surface area contributed by atoms with Crippen LogP contribution >= 0.6 is 0 Å². The summed E-state index contributed by atoms with van der Waals surface area (Å²) in [6.07, 6.45) is 3.13. The molecule has 4 N–H and O–H groups in total. The lowest BCUT2D eigenvalue weighted by molar-refractivity contribution is 1.30. The summed E-state index contributed by atoms with van der Waals surface area (Å²) in [5.41, 5.74) is 7.25. The van der Waals surface area contributed by atoms with Gasteiger partial charge in [0.1, 0.15) is 11.4 Å². The first-order chi connectivity index (χ1) is 5.79. The van der Waals surface area contributed by atoms with Gasteiger partial charge in [-0.25, -0.2) is 9.97 Å². The van der Waals surface area contributed by atoms with E-state index in [0.717, 1.165) is 0 Å². The third kappa shape index (κ3) is 0.833. The van der Waals surface area contributed by atoms with Crippen LogP contribution in [0.2, 0.25) is 0 Å². The van der Waals surface area contributed by atoms with Gasteiger partial charge < -0.3 is 10.7 Å². The topological polar surface area (TPSA) is 91.4 Å². The van der Waals surface area contributed by atoms with Gasteiger partial charge in [0.2, 0.25) is 0 Å². The van der Waals surface area contributed by atoms with Gasteiger partial charge >= 0.3 is 0 Å². The van der Waals surface area contributed by atoms with Crippen LogP contribution < -0.4 is 5.73 Å². The normalized spacial score (nSPS) is 10.3. The van der Waals surface area contributed by atoms with Crippen LogP contribution in [0.5, 0.6) is 0 Å². The smallest absolute Gasteiger partial charge is 0.157 e. The van der Waals surface area contributed by atoms with E-state index in [2.05, 4.69) is 15.0 Å². The third-order valence-corrected chi connectivity index (χ3v) is 1.61. The van der Waals surface area contributed by atoms with Gasteiger partial charge in [-0.3, -0.25) is 5.41 Å². The second-order valence-corrected chi connectivity index (χ2v) is 2.37. The van der Waals surface area contributed by atoms with Gasteiger partial charge in [-0.05, 0) is 6.07 Å². The first kappa shape index (κ1) is 6.78. The molecular formula is C7H7N5. The van der Waals surface area contributed by atoms with E-state index in [1.54, 1.807) is 12.3 Å². The van der Waals surface area contributed by atoms with Crippen molar-refractivity contribution in [2.45, 2.75) is 0 Å². The molecule has 2 rings (SSSR count). The Hall–Kier alpha value is -1.91. The molecule has 0 bridgehead atoms. The van der Waals surface area contributed by atoms with Crippen LogP contribution in [0, 0.1) is 5.41 Å². The van der Waals surface area contributed by atoms with Crippen LogP contribution in [0.25, 0.3) is 11.2 Å². The molecule has 5 nitrogen and oxygen atoms in total. The van der Waals surface area contributed by atoms with E-state index in [-0.39, 0.29) is 5.84 Å². The summed E-state index contributed by atoms with van der Waals surface area (Å²) in [6.45, 7) is 0. The minimum absolute atomic E-state index is 0.00880. The number of nitrogens with one attached hydrogen (secondary N) is 2. The van der Waals surface area contributed by atoms with Crippen molar-refractivity contribution in [2.75, 3.05) is 0 Å². The number of amidine groups is 1. The molecule has 0 aliphatic rings. The maximum absolute atomic E-state index is 7.25. The Kier molecular flexibility index (Phi) is 1.30. The molecule has 0 aromatic carbocycles. The van der Waals surface area contributed by atoms with Gasteiger partial charge in [0.25, 0.3) is 0 Å². The van der Waals surface area contributed by atoms with Crippen molar-refractivity contribution >= 4 is 17.0 Å². The van der Waals surface area contributed by atoms with E-state index in [4.69, 9.17) is 11.1 Å². The summed E-state index contributed by atoms with van der Waals surface area (Å²) >= 11 is 0. The number of fused-ring (bicyclic) bond motifs is 1. The Morgan fingerprint density at radius 1 is 1.50 bits per heavy atom. The number of rotatable bonds is 1. The van der Waals surface area contributed by atoms with Crippen molar-refractivity contribution in [1.82, 2.24) is 15.0 Å². The maximum Gasteiger partial charge on any atom is 0.157 e. The lowest BCUT2D eigenvalue weighted by atomic mass is 10.2. The van der Waals surface area contributed by atoms with E-state index in [0.29, 0.717) is 16.7 Å². The molecule has 0 spiro atoms. The molecule has 0 fully saturated rings. The predicted molar refractivity (Wildman–Crippen MR) is 44.9 cm³/mol. The molecule has 0 atom stereocenters. The van der Waals surface area contributed by atoms with Crippen LogP contribution in [0.15, 0.2) is 18.6 Å². The van der Waals surface area contributed by atoms with Crippen molar-refractivity contribution < 1.29 is 0 Å². The predicted octanol–water partition coefficient (Wildman–Crippen LogP) is 0.242. The van der Waals surface area contributed by atoms with Crippen molar-refractivity contribution in [2.24, 2.45) is 5.73 Å². The number of hydrogen-bond acceptors (Lipinski definition) is 3. The van der Waals surface area contributed by atoms with Crippen LogP contribution in [0.1, 0.15) is 5.56 Å². The van der Waals surface area contributed by atoms with Gasteiger partial charge in [0.15, 0.2) is 5.65 Å². The number of pyridine rings is 1. The summed E-state index contributed by atoms with van der Waals surface area (Å²) in [5, 5.41) is 7.25. The zero-order valence-electron chi connectivity index (χ0n) is 6.20. The molecular weight excluding hydrogens is 154 g/mol. The summed E-state index contributed by atoms with van der Waals surface area (Å²) in [7, 11) is 0. The number of aromatic amines is 1. The number of nitrogen functional groups attached to an aromatic ring is 1. The molecule has 0 saturated heterocycles. The third-order valence-electron chi connectivity index (χ3n) is 1.61. The lowest BCUT2D eigenvalue weighted by Crippen LogP contribution is -2.11. The zero-order valence-corrected chi connectivity index (χ0v) is 6.20. The quantitative estimate of drug-likeness (QED) is 0.413. The van der Waals surface area contributed by atoms with Gasteiger partial charge in [0, 0.05) is 11.8 Å². The fourth-order valence-corrected chi connectivity index (χ4v) is 1.07. The Balaban J connectivity index is 2.82. The molecule has 2 aromatic heterocycles. The van der Waals surface area contributed by atoms with Gasteiger partial charge in [-0.2, -0.15) is 0 Å².